The number of hydrogen-bond acceptors (Lipinski definition) is 3. The molecule has 1 aromatic rings. The molecular formula is C15H21N3O2. The van der Waals surface area contributed by atoms with Gasteiger partial charge in [0, 0.05) is 17.3 Å². The maximum atomic E-state index is 11.8. The van der Waals surface area contributed by atoms with Gasteiger partial charge in [-0.3, -0.25) is 9.59 Å². The molecule has 2 rings (SSSR count). The molecule has 4 N–H and O–H groups in total. The molecule has 2 amide bonds. The van der Waals surface area contributed by atoms with Crippen molar-refractivity contribution in [2.45, 2.75) is 38.6 Å². The highest BCUT2D eigenvalue weighted by Crippen LogP contribution is 2.30. The fourth-order valence-corrected chi connectivity index (χ4v) is 1.94. The summed E-state index contributed by atoms with van der Waals surface area (Å²) in [4.78, 5) is 23.5. The Balaban J connectivity index is 1.94. The van der Waals surface area contributed by atoms with Crippen LogP contribution in [0, 0.1) is 5.92 Å². The summed E-state index contributed by atoms with van der Waals surface area (Å²) in [7, 11) is 0. The fourth-order valence-electron chi connectivity index (χ4n) is 1.94. The van der Waals surface area contributed by atoms with E-state index in [0.717, 1.165) is 19.3 Å². The van der Waals surface area contributed by atoms with E-state index in [-0.39, 0.29) is 17.7 Å². The van der Waals surface area contributed by atoms with Gasteiger partial charge in [-0.25, -0.2) is 0 Å². The third-order valence-electron chi connectivity index (χ3n) is 3.28. The average molecular weight is 275 g/mol. The molecule has 0 bridgehead atoms. The van der Waals surface area contributed by atoms with Crippen LogP contribution >= 0.6 is 0 Å². The molecule has 1 aromatic carbocycles. The second-order valence-electron chi connectivity index (χ2n) is 5.23. The molecule has 0 spiro atoms. The van der Waals surface area contributed by atoms with Gasteiger partial charge in [-0.05, 0) is 37.5 Å². The summed E-state index contributed by atoms with van der Waals surface area (Å²) in [5, 5.41) is 5.62. The molecule has 0 heterocycles. The van der Waals surface area contributed by atoms with Crippen molar-refractivity contribution in [3.05, 3.63) is 24.3 Å². The van der Waals surface area contributed by atoms with Gasteiger partial charge in [0.1, 0.15) is 0 Å². The van der Waals surface area contributed by atoms with E-state index in [1.54, 1.807) is 18.2 Å². The molecule has 1 saturated carbocycles. The number of carbonyl (C=O) groups is 2. The number of rotatable bonds is 6. The summed E-state index contributed by atoms with van der Waals surface area (Å²) in [6.07, 6.45) is 3.46. The zero-order valence-electron chi connectivity index (χ0n) is 11.7. The molecule has 0 radical (unpaired) electrons. The SMILES string of the molecule is CCCC(N)C(=O)Nc1cccc(NC(=O)C2CC2)c1. The topological polar surface area (TPSA) is 84.2 Å². The van der Waals surface area contributed by atoms with Crippen molar-refractivity contribution in [1.82, 2.24) is 0 Å². The lowest BCUT2D eigenvalue weighted by Gasteiger charge is -2.12. The van der Waals surface area contributed by atoms with Crippen LogP contribution in [0.4, 0.5) is 11.4 Å². The molecule has 0 aromatic heterocycles. The third kappa shape index (κ3) is 4.06. The van der Waals surface area contributed by atoms with E-state index in [0.29, 0.717) is 17.8 Å². The number of benzene rings is 1. The molecule has 108 valence electrons. The van der Waals surface area contributed by atoms with Crippen LogP contribution in [0.15, 0.2) is 24.3 Å². The van der Waals surface area contributed by atoms with E-state index in [9.17, 15) is 9.59 Å². The average Bonchev–Trinajstić information content (AvgIpc) is 3.23. The Hall–Kier alpha value is -1.88. The highest BCUT2D eigenvalue weighted by molar-refractivity contribution is 5.97. The van der Waals surface area contributed by atoms with Crippen molar-refractivity contribution in [1.29, 1.82) is 0 Å². The first kappa shape index (κ1) is 14.5. The summed E-state index contributed by atoms with van der Waals surface area (Å²) in [5.41, 5.74) is 7.11. The fraction of sp³-hybridized carbons (Fsp3) is 0.467. The minimum atomic E-state index is -0.496. The number of amides is 2. The van der Waals surface area contributed by atoms with E-state index in [2.05, 4.69) is 10.6 Å². The van der Waals surface area contributed by atoms with Crippen LogP contribution in [0.1, 0.15) is 32.6 Å². The number of nitrogens with one attached hydrogen (secondary N) is 2. The number of hydrogen-bond donors (Lipinski definition) is 3. The summed E-state index contributed by atoms with van der Waals surface area (Å²) < 4.78 is 0. The molecule has 0 aliphatic heterocycles. The largest absolute Gasteiger partial charge is 0.326 e. The van der Waals surface area contributed by atoms with E-state index < -0.39 is 6.04 Å². The van der Waals surface area contributed by atoms with Crippen molar-refractivity contribution in [2.75, 3.05) is 10.6 Å². The number of carbonyl (C=O) groups excluding carboxylic acids is 2. The number of anilines is 2. The van der Waals surface area contributed by atoms with Crippen LogP contribution < -0.4 is 16.4 Å². The highest BCUT2D eigenvalue weighted by atomic mass is 16.2. The summed E-state index contributed by atoms with van der Waals surface area (Å²) in [6, 6.07) is 6.63. The second-order valence-corrected chi connectivity index (χ2v) is 5.23. The van der Waals surface area contributed by atoms with Gasteiger partial charge in [-0.15, -0.1) is 0 Å². The zero-order chi connectivity index (χ0) is 14.5. The van der Waals surface area contributed by atoms with Crippen LogP contribution in [0.25, 0.3) is 0 Å². The zero-order valence-corrected chi connectivity index (χ0v) is 11.7. The van der Waals surface area contributed by atoms with E-state index in [4.69, 9.17) is 5.73 Å². The third-order valence-corrected chi connectivity index (χ3v) is 3.28. The maximum Gasteiger partial charge on any atom is 0.241 e. The van der Waals surface area contributed by atoms with Gasteiger partial charge in [-0.1, -0.05) is 19.4 Å². The van der Waals surface area contributed by atoms with E-state index in [1.807, 2.05) is 13.0 Å². The van der Waals surface area contributed by atoms with Gasteiger partial charge in [0.2, 0.25) is 11.8 Å². The Morgan fingerprint density at radius 2 is 1.95 bits per heavy atom. The van der Waals surface area contributed by atoms with Crippen LogP contribution in [0.5, 0.6) is 0 Å². The van der Waals surface area contributed by atoms with Crippen molar-refractivity contribution in [3.8, 4) is 0 Å². The molecule has 1 atom stereocenters. The van der Waals surface area contributed by atoms with Crippen molar-refractivity contribution in [2.24, 2.45) is 11.7 Å². The van der Waals surface area contributed by atoms with Crippen LogP contribution in [-0.4, -0.2) is 17.9 Å². The Kier molecular flexibility index (Phi) is 4.74. The lowest BCUT2D eigenvalue weighted by Crippen LogP contribution is -2.35. The van der Waals surface area contributed by atoms with E-state index in [1.165, 1.54) is 0 Å². The predicted octanol–water partition coefficient (Wildman–Crippen LogP) is 2.10. The molecule has 0 saturated heterocycles. The molecule has 5 heteroatoms. The van der Waals surface area contributed by atoms with Crippen LogP contribution in [-0.2, 0) is 9.59 Å². The van der Waals surface area contributed by atoms with Crippen LogP contribution in [0.2, 0.25) is 0 Å². The summed E-state index contributed by atoms with van der Waals surface area (Å²) >= 11 is 0. The molecule has 1 aliphatic rings. The highest BCUT2D eigenvalue weighted by Gasteiger charge is 2.29. The Morgan fingerprint density at radius 3 is 2.55 bits per heavy atom. The lowest BCUT2D eigenvalue weighted by atomic mass is 10.1. The minimum absolute atomic E-state index is 0.0520. The number of nitrogens with two attached hydrogens (primary N) is 1. The Bertz CT molecular complexity index is 498. The quantitative estimate of drug-likeness (QED) is 0.743. The predicted molar refractivity (Wildman–Crippen MR) is 79.3 cm³/mol. The van der Waals surface area contributed by atoms with Gasteiger partial charge in [0.05, 0.1) is 6.04 Å². The first-order chi connectivity index (χ1) is 9.60. The van der Waals surface area contributed by atoms with E-state index >= 15 is 0 Å². The van der Waals surface area contributed by atoms with Gasteiger partial charge < -0.3 is 16.4 Å². The molecule has 1 fully saturated rings. The summed E-state index contributed by atoms with van der Waals surface area (Å²) in [5.74, 6) is 0.0138. The molecule has 1 aliphatic carbocycles. The molecule has 5 nitrogen and oxygen atoms in total. The van der Waals surface area contributed by atoms with Gasteiger partial charge >= 0.3 is 0 Å². The first-order valence-corrected chi connectivity index (χ1v) is 7.07. The second kappa shape index (κ2) is 6.52. The van der Waals surface area contributed by atoms with Gasteiger partial charge in [-0.2, -0.15) is 0 Å². The molecule has 1 unspecified atom stereocenters. The molecule has 20 heavy (non-hydrogen) atoms. The lowest BCUT2D eigenvalue weighted by molar-refractivity contribution is -0.118. The summed E-state index contributed by atoms with van der Waals surface area (Å²) in [6.45, 7) is 1.99. The van der Waals surface area contributed by atoms with Gasteiger partial charge in [0.15, 0.2) is 0 Å². The smallest absolute Gasteiger partial charge is 0.241 e. The normalized spacial score (nSPS) is 15.5. The van der Waals surface area contributed by atoms with Gasteiger partial charge in [0.25, 0.3) is 0 Å². The Labute approximate surface area is 118 Å². The molecular weight excluding hydrogens is 254 g/mol. The Morgan fingerprint density at radius 1 is 1.30 bits per heavy atom. The minimum Gasteiger partial charge on any atom is -0.326 e. The van der Waals surface area contributed by atoms with Crippen molar-refractivity contribution < 1.29 is 9.59 Å². The first-order valence-electron chi connectivity index (χ1n) is 7.07. The maximum absolute atomic E-state index is 11.8. The van der Waals surface area contributed by atoms with Crippen molar-refractivity contribution in [3.63, 3.8) is 0 Å². The standard InChI is InChI=1S/C15H21N3O2/c1-2-4-13(16)15(20)18-12-6-3-5-11(9-12)17-14(19)10-7-8-10/h3,5-6,9-10,13H,2,4,7-8,16H2,1H3,(H,17,19)(H,18,20). The monoisotopic (exact) mass is 275 g/mol. The van der Waals surface area contributed by atoms with Crippen molar-refractivity contribution >= 4 is 23.2 Å². The van der Waals surface area contributed by atoms with Crippen LogP contribution in [0.3, 0.4) is 0 Å².